The molecule has 14 heavy (non-hydrogen) atoms. The molecule has 3 unspecified atom stereocenters. The Morgan fingerprint density at radius 2 is 2.29 bits per heavy atom. The molecule has 3 heteroatoms. The lowest BCUT2D eigenvalue weighted by molar-refractivity contribution is -0.130. The van der Waals surface area contributed by atoms with Crippen LogP contribution in [0.1, 0.15) is 33.6 Å². The van der Waals surface area contributed by atoms with Gasteiger partial charge in [0.05, 0.1) is 12.7 Å². The van der Waals surface area contributed by atoms with Crippen molar-refractivity contribution in [3.8, 4) is 0 Å². The molecule has 1 amide bonds. The summed E-state index contributed by atoms with van der Waals surface area (Å²) in [6, 6.07) is 0.608. The number of nitrogens with zero attached hydrogens (tertiary/aromatic N) is 1. The number of carbonyl (C=O) groups excluding carboxylic acids is 1. The van der Waals surface area contributed by atoms with E-state index in [-0.39, 0.29) is 6.04 Å². The van der Waals surface area contributed by atoms with Gasteiger partial charge >= 0.3 is 0 Å². The normalized spacial score (nSPS) is 37.0. The summed E-state index contributed by atoms with van der Waals surface area (Å²) in [7, 11) is 0. The van der Waals surface area contributed by atoms with E-state index in [9.17, 15) is 4.79 Å². The van der Waals surface area contributed by atoms with E-state index in [0.29, 0.717) is 17.9 Å². The number of hydrogen-bond donors (Lipinski definition) is 1. The summed E-state index contributed by atoms with van der Waals surface area (Å²) in [6.07, 6.45) is 2.43. The van der Waals surface area contributed by atoms with Gasteiger partial charge in [-0.1, -0.05) is 27.2 Å². The zero-order chi connectivity index (χ0) is 10.3. The predicted octanol–water partition coefficient (Wildman–Crippen LogP) is 1.20. The summed E-state index contributed by atoms with van der Waals surface area (Å²) in [5.74, 6) is 1.50. The van der Waals surface area contributed by atoms with E-state index in [1.165, 1.54) is 12.8 Å². The van der Waals surface area contributed by atoms with Crippen LogP contribution in [0.25, 0.3) is 0 Å². The first-order chi connectivity index (χ1) is 6.65. The van der Waals surface area contributed by atoms with Gasteiger partial charge in [-0.3, -0.25) is 10.1 Å². The fraction of sp³-hybridized carbons (Fsp3) is 0.909. The smallest absolute Gasteiger partial charge is 0.241 e. The standard InChI is InChI=1S/C11H20N2O/c1-4-8-5-9(8)13-6-12-10(7(2)3)11(13)14/h7-10,12H,4-6H2,1-3H3. The van der Waals surface area contributed by atoms with Crippen LogP contribution in [-0.2, 0) is 4.79 Å². The maximum atomic E-state index is 12.0. The van der Waals surface area contributed by atoms with Crippen molar-refractivity contribution < 1.29 is 4.79 Å². The average molecular weight is 196 g/mol. The molecular weight excluding hydrogens is 176 g/mol. The van der Waals surface area contributed by atoms with E-state index in [0.717, 1.165) is 12.6 Å². The van der Waals surface area contributed by atoms with Crippen molar-refractivity contribution in [1.29, 1.82) is 0 Å². The van der Waals surface area contributed by atoms with E-state index >= 15 is 0 Å². The van der Waals surface area contributed by atoms with E-state index in [1.807, 2.05) is 4.90 Å². The second-order valence-corrected chi connectivity index (χ2v) is 4.86. The van der Waals surface area contributed by atoms with Crippen LogP contribution in [0.3, 0.4) is 0 Å². The van der Waals surface area contributed by atoms with Crippen molar-refractivity contribution >= 4 is 5.91 Å². The van der Waals surface area contributed by atoms with Crippen molar-refractivity contribution in [2.75, 3.05) is 6.67 Å². The molecule has 1 N–H and O–H groups in total. The Kier molecular flexibility index (Phi) is 2.52. The Morgan fingerprint density at radius 3 is 2.71 bits per heavy atom. The van der Waals surface area contributed by atoms with Crippen LogP contribution in [0.15, 0.2) is 0 Å². The predicted molar refractivity (Wildman–Crippen MR) is 55.7 cm³/mol. The van der Waals surface area contributed by atoms with Gasteiger partial charge in [0.15, 0.2) is 0 Å². The Balaban J connectivity index is 1.95. The Labute approximate surface area is 85.8 Å². The lowest BCUT2D eigenvalue weighted by Crippen LogP contribution is -2.35. The van der Waals surface area contributed by atoms with Gasteiger partial charge in [-0.15, -0.1) is 0 Å². The summed E-state index contributed by atoms with van der Waals surface area (Å²) in [5, 5.41) is 3.30. The van der Waals surface area contributed by atoms with Crippen LogP contribution in [0, 0.1) is 11.8 Å². The molecule has 2 fully saturated rings. The van der Waals surface area contributed by atoms with Gasteiger partial charge in [0.25, 0.3) is 0 Å². The van der Waals surface area contributed by atoms with Crippen molar-refractivity contribution in [3.05, 3.63) is 0 Å². The van der Waals surface area contributed by atoms with Crippen molar-refractivity contribution in [2.45, 2.75) is 45.7 Å². The maximum absolute atomic E-state index is 12.0. The summed E-state index contributed by atoms with van der Waals surface area (Å²) in [5.41, 5.74) is 0. The van der Waals surface area contributed by atoms with E-state index in [1.54, 1.807) is 0 Å². The summed E-state index contributed by atoms with van der Waals surface area (Å²) >= 11 is 0. The summed E-state index contributed by atoms with van der Waals surface area (Å²) in [4.78, 5) is 14.0. The molecule has 0 bridgehead atoms. The van der Waals surface area contributed by atoms with E-state index in [2.05, 4.69) is 26.1 Å². The molecule has 3 atom stereocenters. The van der Waals surface area contributed by atoms with Gasteiger partial charge in [-0.2, -0.15) is 0 Å². The van der Waals surface area contributed by atoms with Crippen LogP contribution in [0.5, 0.6) is 0 Å². The molecular formula is C11H20N2O. The van der Waals surface area contributed by atoms with Gasteiger partial charge < -0.3 is 4.90 Å². The van der Waals surface area contributed by atoms with Gasteiger partial charge in [0, 0.05) is 6.04 Å². The summed E-state index contributed by atoms with van der Waals surface area (Å²) < 4.78 is 0. The highest BCUT2D eigenvalue weighted by molar-refractivity contribution is 5.84. The van der Waals surface area contributed by atoms with Crippen LogP contribution in [0.4, 0.5) is 0 Å². The van der Waals surface area contributed by atoms with Gasteiger partial charge in [-0.25, -0.2) is 0 Å². The lowest BCUT2D eigenvalue weighted by atomic mass is 10.1. The maximum Gasteiger partial charge on any atom is 0.241 e. The van der Waals surface area contributed by atoms with Gasteiger partial charge in [-0.05, 0) is 18.3 Å². The quantitative estimate of drug-likeness (QED) is 0.735. The molecule has 1 saturated heterocycles. The fourth-order valence-electron chi connectivity index (χ4n) is 2.39. The minimum absolute atomic E-state index is 0.0631. The highest BCUT2D eigenvalue weighted by atomic mass is 16.2. The molecule has 1 aliphatic heterocycles. The van der Waals surface area contributed by atoms with Crippen LogP contribution in [-0.4, -0.2) is 29.6 Å². The number of nitrogens with one attached hydrogen (secondary N) is 1. The third-order valence-electron chi connectivity index (χ3n) is 3.51. The average Bonchev–Trinajstić information content (AvgIpc) is 2.82. The molecule has 2 aliphatic rings. The van der Waals surface area contributed by atoms with Crippen molar-refractivity contribution in [2.24, 2.45) is 11.8 Å². The molecule has 2 rings (SSSR count). The number of amides is 1. The topological polar surface area (TPSA) is 32.3 Å². The first-order valence-electron chi connectivity index (χ1n) is 5.69. The number of carbonyl (C=O) groups is 1. The minimum atomic E-state index is 0.0631. The molecule has 1 aliphatic carbocycles. The molecule has 1 heterocycles. The fourth-order valence-corrected chi connectivity index (χ4v) is 2.39. The molecule has 0 aromatic rings. The van der Waals surface area contributed by atoms with Crippen molar-refractivity contribution in [3.63, 3.8) is 0 Å². The molecule has 80 valence electrons. The molecule has 0 radical (unpaired) electrons. The van der Waals surface area contributed by atoms with Crippen LogP contribution < -0.4 is 5.32 Å². The molecule has 3 nitrogen and oxygen atoms in total. The first kappa shape index (κ1) is 9.97. The van der Waals surface area contributed by atoms with E-state index < -0.39 is 0 Å². The molecule has 1 saturated carbocycles. The monoisotopic (exact) mass is 196 g/mol. The van der Waals surface area contributed by atoms with Crippen LogP contribution in [0.2, 0.25) is 0 Å². The molecule has 0 spiro atoms. The second kappa shape index (κ2) is 3.54. The zero-order valence-electron chi connectivity index (χ0n) is 9.29. The third kappa shape index (κ3) is 1.54. The van der Waals surface area contributed by atoms with Crippen LogP contribution >= 0.6 is 0 Å². The number of hydrogen-bond acceptors (Lipinski definition) is 2. The van der Waals surface area contributed by atoms with Crippen molar-refractivity contribution in [1.82, 2.24) is 10.2 Å². The Bertz CT molecular complexity index is 239. The molecule has 0 aromatic heterocycles. The Morgan fingerprint density at radius 1 is 1.57 bits per heavy atom. The third-order valence-corrected chi connectivity index (χ3v) is 3.51. The lowest BCUT2D eigenvalue weighted by Gasteiger charge is -2.16. The largest absolute Gasteiger partial charge is 0.325 e. The van der Waals surface area contributed by atoms with E-state index in [4.69, 9.17) is 0 Å². The summed E-state index contributed by atoms with van der Waals surface area (Å²) in [6.45, 7) is 7.17. The Hall–Kier alpha value is -0.570. The SMILES string of the molecule is CCC1CC1N1CNC(C(C)C)C1=O. The highest BCUT2D eigenvalue weighted by Crippen LogP contribution is 2.39. The zero-order valence-corrected chi connectivity index (χ0v) is 9.29. The second-order valence-electron chi connectivity index (χ2n) is 4.86. The number of rotatable bonds is 3. The molecule has 0 aromatic carbocycles. The van der Waals surface area contributed by atoms with Gasteiger partial charge in [0.1, 0.15) is 0 Å². The first-order valence-corrected chi connectivity index (χ1v) is 5.69. The minimum Gasteiger partial charge on any atom is -0.325 e. The van der Waals surface area contributed by atoms with Gasteiger partial charge in [0.2, 0.25) is 5.91 Å². The highest BCUT2D eigenvalue weighted by Gasteiger charge is 2.46.